The van der Waals surface area contributed by atoms with Gasteiger partial charge in [-0.15, -0.1) is 0 Å². The Morgan fingerprint density at radius 2 is 2.24 bits per heavy atom. The topological polar surface area (TPSA) is 61.7 Å². The molecule has 1 aromatic carbocycles. The average Bonchev–Trinajstić information content (AvgIpc) is 2.34. The second-order valence-corrected chi connectivity index (χ2v) is 4.17. The van der Waals surface area contributed by atoms with Crippen molar-refractivity contribution >= 4 is 11.6 Å². The number of hydrogen-bond acceptors (Lipinski definition) is 4. The summed E-state index contributed by atoms with van der Waals surface area (Å²) in [6.45, 7) is 0.890. The van der Waals surface area contributed by atoms with Crippen LogP contribution in [0.3, 0.4) is 0 Å². The van der Waals surface area contributed by atoms with Crippen LogP contribution >= 0.6 is 11.6 Å². The zero-order chi connectivity index (χ0) is 12.7. The number of hydrogen-bond donors (Lipinski definition) is 3. The fraction of sp³-hybridized carbons (Fsp3) is 0.500. The van der Waals surface area contributed by atoms with E-state index in [1.165, 1.54) is 0 Å². The van der Waals surface area contributed by atoms with E-state index in [0.29, 0.717) is 17.3 Å². The Morgan fingerprint density at radius 1 is 1.47 bits per heavy atom. The molecule has 0 bridgehead atoms. The number of methoxy groups -OCH3 is 1. The summed E-state index contributed by atoms with van der Waals surface area (Å²) in [6, 6.07) is 5.65. The van der Waals surface area contributed by atoms with E-state index in [0.717, 1.165) is 18.5 Å². The molecule has 4 nitrogen and oxygen atoms in total. The molecule has 0 heterocycles. The number of aliphatic hydroxyl groups excluding tert-OH is 2. The highest BCUT2D eigenvalue weighted by molar-refractivity contribution is 6.32. The third-order valence-electron chi connectivity index (χ3n) is 2.40. The van der Waals surface area contributed by atoms with Crippen molar-refractivity contribution in [2.75, 3.05) is 26.8 Å². The molecule has 0 aromatic heterocycles. The summed E-state index contributed by atoms with van der Waals surface area (Å²) in [4.78, 5) is 0. The molecule has 0 radical (unpaired) electrons. The molecule has 1 aromatic rings. The number of rotatable bonds is 7. The molecule has 5 heteroatoms. The van der Waals surface area contributed by atoms with Gasteiger partial charge in [0.25, 0.3) is 0 Å². The summed E-state index contributed by atoms with van der Waals surface area (Å²) in [5.74, 6) is 0.666. The second kappa shape index (κ2) is 7.50. The maximum Gasteiger partial charge on any atom is 0.137 e. The largest absolute Gasteiger partial charge is 0.495 e. The fourth-order valence-electron chi connectivity index (χ4n) is 1.43. The number of benzene rings is 1. The molecule has 0 aliphatic carbocycles. The number of halogens is 1. The van der Waals surface area contributed by atoms with E-state index in [1.54, 1.807) is 7.11 Å². The lowest BCUT2D eigenvalue weighted by Gasteiger charge is -2.09. The highest BCUT2D eigenvalue weighted by Crippen LogP contribution is 2.24. The van der Waals surface area contributed by atoms with Crippen molar-refractivity contribution in [3.05, 3.63) is 28.8 Å². The maximum absolute atomic E-state index is 9.12. The van der Waals surface area contributed by atoms with Gasteiger partial charge in [-0.2, -0.15) is 0 Å². The quantitative estimate of drug-likeness (QED) is 0.635. The smallest absolute Gasteiger partial charge is 0.137 e. The van der Waals surface area contributed by atoms with Gasteiger partial charge in [0.05, 0.1) is 24.8 Å². The van der Waals surface area contributed by atoms with Crippen molar-refractivity contribution < 1.29 is 14.9 Å². The van der Waals surface area contributed by atoms with Crippen molar-refractivity contribution in [1.29, 1.82) is 0 Å². The Kier molecular flexibility index (Phi) is 6.29. The minimum absolute atomic E-state index is 0.221. The van der Waals surface area contributed by atoms with Crippen LogP contribution in [0.25, 0.3) is 0 Å². The van der Waals surface area contributed by atoms with E-state index >= 15 is 0 Å². The molecule has 0 amide bonds. The first kappa shape index (κ1) is 14.3. The summed E-state index contributed by atoms with van der Waals surface area (Å²) < 4.78 is 5.06. The third kappa shape index (κ3) is 4.91. The summed E-state index contributed by atoms with van der Waals surface area (Å²) in [5, 5.41) is 21.4. The van der Waals surface area contributed by atoms with Crippen LogP contribution in [0.1, 0.15) is 5.56 Å². The maximum atomic E-state index is 9.12. The zero-order valence-corrected chi connectivity index (χ0v) is 10.6. The Labute approximate surface area is 106 Å². The van der Waals surface area contributed by atoms with Crippen LogP contribution in [0, 0.1) is 0 Å². The van der Waals surface area contributed by atoms with E-state index in [4.69, 9.17) is 26.6 Å². The summed E-state index contributed by atoms with van der Waals surface area (Å²) in [7, 11) is 1.58. The zero-order valence-electron chi connectivity index (χ0n) is 9.82. The molecule has 0 aliphatic heterocycles. The minimum atomic E-state index is -0.700. The van der Waals surface area contributed by atoms with E-state index in [-0.39, 0.29) is 6.61 Å². The molecule has 0 aliphatic rings. The highest BCUT2D eigenvalue weighted by Gasteiger charge is 2.03. The lowest BCUT2D eigenvalue weighted by atomic mass is 10.1. The van der Waals surface area contributed by atoms with Crippen LogP contribution in [-0.2, 0) is 6.42 Å². The first-order valence-electron chi connectivity index (χ1n) is 5.49. The van der Waals surface area contributed by atoms with Crippen molar-refractivity contribution in [3.8, 4) is 5.75 Å². The molecule has 3 N–H and O–H groups in total. The normalized spacial score (nSPS) is 12.5. The first-order chi connectivity index (χ1) is 8.17. The minimum Gasteiger partial charge on any atom is -0.495 e. The summed E-state index contributed by atoms with van der Waals surface area (Å²) in [5.41, 5.74) is 1.10. The van der Waals surface area contributed by atoms with Crippen molar-refractivity contribution in [3.63, 3.8) is 0 Å². The third-order valence-corrected chi connectivity index (χ3v) is 2.69. The van der Waals surface area contributed by atoms with Crippen LogP contribution in [0.5, 0.6) is 5.75 Å². The molecule has 1 atom stereocenters. The van der Waals surface area contributed by atoms with Gasteiger partial charge in [-0.25, -0.2) is 0 Å². The molecule has 0 spiro atoms. The van der Waals surface area contributed by atoms with E-state index in [1.807, 2.05) is 18.2 Å². The van der Waals surface area contributed by atoms with E-state index in [9.17, 15) is 0 Å². The van der Waals surface area contributed by atoms with Gasteiger partial charge in [0.15, 0.2) is 0 Å². The molecule has 0 fully saturated rings. The van der Waals surface area contributed by atoms with Gasteiger partial charge in [0.1, 0.15) is 5.75 Å². The molecular weight excluding hydrogens is 242 g/mol. The predicted molar refractivity (Wildman–Crippen MR) is 67.7 cm³/mol. The highest BCUT2D eigenvalue weighted by atomic mass is 35.5. The lowest BCUT2D eigenvalue weighted by molar-refractivity contribution is 0.0947. The van der Waals surface area contributed by atoms with E-state index < -0.39 is 6.10 Å². The van der Waals surface area contributed by atoms with Gasteiger partial charge >= 0.3 is 0 Å². The lowest BCUT2D eigenvalue weighted by Crippen LogP contribution is -2.30. The van der Waals surface area contributed by atoms with Crippen LogP contribution in [-0.4, -0.2) is 43.1 Å². The van der Waals surface area contributed by atoms with Gasteiger partial charge < -0.3 is 20.3 Å². The summed E-state index contributed by atoms with van der Waals surface area (Å²) in [6.07, 6.45) is 0.108. The number of nitrogens with one attached hydrogen (secondary N) is 1. The van der Waals surface area contributed by atoms with Crippen LogP contribution in [0.2, 0.25) is 5.02 Å². The Bertz CT molecular complexity index is 347. The Balaban J connectivity index is 2.34. The molecule has 0 saturated carbocycles. The standard InChI is InChI=1S/C12H18ClNO3/c1-17-12-3-2-9(6-11(12)13)4-5-14-7-10(16)8-15/h2-3,6,10,14-16H,4-5,7-8H2,1H3. The predicted octanol–water partition coefficient (Wildman–Crippen LogP) is 0.834. The molecular formula is C12H18ClNO3. The van der Waals surface area contributed by atoms with Gasteiger partial charge in [0, 0.05) is 6.54 Å². The van der Waals surface area contributed by atoms with Crippen molar-refractivity contribution in [1.82, 2.24) is 5.32 Å². The molecule has 96 valence electrons. The average molecular weight is 260 g/mol. The Morgan fingerprint density at radius 3 is 2.82 bits per heavy atom. The van der Waals surface area contributed by atoms with Gasteiger partial charge in [0.2, 0.25) is 0 Å². The monoisotopic (exact) mass is 259 g/mol. The Hall–Kier alpha value is -0.810. The van der Waals surface area contributed by atoms with Crippen LogP contribution in [0.4, 0.5) is 0 Å². The fourth-order valence-corrected chi connectivity index (χ4v) is 1.71. The molecule has 1 unspecified atom stereocenters. The number of aliphatic hydroxyl groups is 2. The molecule has 0 saturated heterocycles. The second-order valence-electron chi connectivity index (χ2n) is 3.76. The van der Waals surface area contributed by atoms with E-state index in [2.05, 4.69) is 5.32 Å². The van der Waals surface area contributed by atoms with Crippen molar-refractivity contribution in [2.45, 2.75) is 12.5 Å². The van der Waals surface area contributed by atoms with Crippen molar-refractivity contribution in [2.24, 2.45) is 0 Å². The molecule has 17 heavy (non-hydrogen) atoms. The number of ether oxygens (including phenoxy) is 1. The first-order valence-corrected chi connectivity index (χ1v) is 5.87. The van der Waals surface area contributed by atoms with Gasteiger partial charge in [-0.05, 0) is 30.7 Å². The van der Waals surface area contributed by atoms with Gasteiger partial charge in [-0.1, -0.05) is 17.7 Å². The SMILES string of the molecule is COc1ccc(CCNCC(O)CO)cc1Cl. The van der Waals surface area contributed by atoms with Crippen LogP contribution in [0.15, 0.2) is 18.2 Å². The van der Waals surface area contributed by atoms with Gasteiger partial charge in [-0.3, -0.25) is 0 Å². The molecule has 1 rings (SSSR count). The van der Waals surface area contributed by atoms with Crippen LogP contribution < -0.4 is 10.1 Å². The summed E-state index contributed by atoms with van der Waals surface area (Å²) >= 11 is 6.00.